The van der Waals surface area contributed by atoms with E-state index < -0.39 is 0 Å². The lowest BCUT2D eigenvalue weighted by Gasteiger charge is -2.25. The summed E-state index contributed by atoms with van der Waals surface area (Å²) in [4.78, 5) is 14.4. The van der Waals surface area contributed by atoms with Crippen LogP contribution in [0.2, 0.25) is 0 Å². The molecule has 2 aromatic carbocycles. The molecule has 0 aromatic heterocycles. The standard InChI is InChI=1S/C19H25N3O.ClH/c1-4-14-5-7-15(8-6-14)18(22(2)3)13-21-19(23)16-9-11-17(20)12-10-16;/h5-12,18H,4,13,20H2,1-3H3,(H,21,23);1H. The predicted octanol–water partition coefficient (Wildman–Crippen LogP) is 3.29. The zero-order valence-electron chi connectivity index (χ0n) is 14.5. The van der Waals surface area contributed by atoms with Gasteiger partial charge in [-0.25, -0.2) is 0 Å². The maximum absolute atomic E-state index is 12.2. The normalized spacial score (nSPS) is 11.7. The molecule has 1 atom stereocenters. The van der Waals surface area contributed by atoms with Gasteiger partial charge in [0.25, 0.3) is 5.91 Å². The molecule has 1 unspecified atom stereocenters. The summed E-state index contributed by atoms with van der Waals surface area (Å²) in [6.45, 7) is 2.70. The van der Waals surface area contributed by atoms with Gasteiger partial charge in [0, 0.05) is 17.8 Å². The summed E-state index contributed by atoms with van der Waals surface area (Å²) in [5.74, 6) is -0.0815. The van der Waals surface area contributed by atoms with Crippen LogP contribution in [0.25, 0.3) is 0 Å². The van der Waals surface area contributed by atoms with Crippen LogP contribution in [0.15, 0.2) is 48.5 Å². The molecule has 2 rings (SSSR count). The number of nitrogens with zero attached hydrogens (tertiary/aromatic N) is 1. The summed E-state index contributed by atoms with van der Waals surface area (Å²) in [5.41, 5.74) is 9.45. The van der Waals surface area contributed by atoms with Gasteiger partial charge in [-0.15, -0.1) is 12.4 Å². The third-order valence-electron chi connectivity index (χ3n) is 4.02. The van der Waals surface area contributed by atoms with Crippen LogP contribution in [-0.4, -0.2) is 31.4 Å². The number of halogens is 1. The second-order valence-electron chi connectivity index (χ2n) is 5.91. The smallest absolute Gasteiger partial charge is 0.251 e. The molecule has 0 fully saturated rings. The average molecular weight is 348 g/mol. The van der Waals surface area contributed by atoms with E-state index in [0.717, 1.165) is 6.42 Å². The molecular weight excluding hydrogens is 322 g/mol. The molecule has 130 valence electrons. The lowest BCUT2D eigenvalue weighted by Crippen LogP contribution is -2.34. The fourth-order valence-electron chi connectivity index (χ4n) is 2.50. The molecule has 0 aliphatic rings. The van der Waals surface area contributed by atoms with Crippen molar-refractivity contribution in [1.82, 2.24) is 10.2 Å². The monoisotopic (exact) mass is 347 g/mol. The van der Waals surface area contributed by atoms with Crippen LogP contribution < -0.4 is 11.1 Å². The number of likely N-dealkylation sites (N-methyl/N-ethyl adjacent to an activating group) is 1. The molecule has 1 amide bonds. The molecule has 2 aromatic rings. The highest BCUT2D eigenvalue weighted by molar-refractivity contribution is 5.94. The van der Waals surface area contributed by atoms with Crippen molar-refractivity contribution in [3.05, 3.63) is 65.2 Å². The minimum atomic E-state index is -0.0815. The Balaban J connectivity index is 0.00000288. The highest BCUT2D eigenvalue weighted by Gasteiger charge is 2.15. The number of nitrogens with two attached hydrogens (primary N) is 1. The third-order valence-corrected chi connectivity index (χ3v) is 4.02. The average Bonchev–Trinajstić information content (AvgIpc) is 2.55. The van der Waals surface area contributed by atoms with Crippen LogP contribution >= 0.6 is 12.4 Å². The number of nitrogen functional groups attached to an aromatic ring is 1. The van der Waals surface area contributed by atoms with Gasteiger partial charge in [-0.3, -0.25) is 4.79 Å². The van der Waals surface area contributed by atoms with Gasteiger partial charge in [0.15, 0.2) is 0 Å². The van der Waals surface area contributed by atoms with Gasteiger partial charge >= 0.3 is 0 Å². The fraction of sp³-hybridized carbons (Fsp3) is 0.316. The Bertz CT molecular complexity index is 639. The van der Waals surface area contributed by atoms with Crippen molar-refractivity contribution in [3.8, 4) is 0 Å². The van der Waals surface area contributed by atoms with Crippen LogP contribution in [0.3, 0.4) is 0 Å². The molecule has 0 aliphatic carbocycles. The second kappa shape index (κ2) is 9.30. The second-order valence-corrected chi connectivity index (χ2v) is 5.91. The molecule has 5 heteroatoms. The molecular formula is C19H26ClN3O. The zero-order chi connectivity index (χ0) is 16.8. The molecule has 0 bridgehead atoms. The van der Waals surface area contributed by atoms with E-state index in [1.807, 2.05) is 14.1 Å². The van der Waals surface area contributed by atoms with Crippen molar-refractivity contribution in [2.75, 3.05) is 26.4 Å². The van der Waals surface area contributed by atoms with Crippen molar-refractivity contribution in [2.24, 2.45) is 0 Å². The number of carbonyl (C=O) groups excluding carboxylic acids is 1. The van der Waals surface area contributed by atoms with Gasteiger partial charge in [-0.05, 0) is 55.9 Å². The van der Waals surface area contributed by atoms with E-state index in [4.69, 9.17) is 5.73 Å². The number of hydrogen-bond acceptors (Lipinski definition) is 3. The van der Waals surface area contributed by atoms with Crippen LogP contribution in [0.1, 0.15) is 34.5 Å². The van der Waals surface area contributed by atoms with Gasteiger partial charge in [-0.2, -0.15) is 0 Å². The maximum Gasteiger partial charge on any atom is 0.251 e. The first kappa shape index (κ1) is 20.0. The summed E-state index contributed by atoms with van der Waals surface area (Å²) in [7, 11) is 4.04. The first-order valence-corrected chi connectivity index (χ1v) is 7.90. The molecule has 0 aliphatic heterocycles. The summed E-state index contributed by atoms with van der Waals surface area (Å²) in [6.07, 6.45) is 1.03. The minimum absolute atomic E-state index is 0. The van der Waals surface area contributed by atoms with Crippen LogP contribution in [0.4, 0.5) is 5.69 Å². The zero-order valence-corrected chi connectivity index (χ0v) is 15.3. The van der Waals surface area contributed by atoms with Gasteiger partial charge in [-0.1, -0.05) is 31.2 Å². The van der Waals surface area contributed by atoms with E-state index in [0.29, 0.717) is 17.8 Å². The first-order valence-electron chi connectivity index (χ1n) is 7.90. The third kappa shape index (κ3) is 5.25. The van der Waals surface area contributed by atoms with Crippen LogP contribution in [0.5, 0.6) is 0 Å². The van der Waals surface area contributed by atoms with Gasteiger partial charge in [0.05, 0.1) is 6.04 Å². The first-order chi connectivity index (χ1) is 11.0. The van der Waals surface area contributed by atoms with E-state index >= 15 is 0 Å². The molecule has 0 spiro atoms. The van der Waals surface area contributed by atoms with Crippen molar-refractivity contribution in [3.63, 3.8) is 0 Å². The molecule has 4 nitrogen and oxygen atoms in total. The Labute approximate surface area is 150 Å². The van der Waals surface area contributed by atoms with Gasteiger partial charge in [0.1, 0.15) is 0 Å². The quantitative estimate of drug-likeness (QED) is 0.788. The number of aryl methyl sites for hydroxylation is 1. The predicted molar refractivity (Wildman–Crippen MR) is 103 cm³/mol. The molecule has 0 heterocycles. The lowest BCUT2D eigenvalue weighted by molar-refractivity contribution is 0.0942. The number of benzene rings is 2. The van der Waals surface area contributed by atoms with E-state index in [1.165, 1.54) is 11.1 Å². The summed E-state index contributed by atoms with van der Waals surface area (Å²) < 4.78 is 0. The number of carbonyl (C=O) groups is 1. The van der Waals surface area contributed by atoms with E-state index in [1.54, 1.807) is 24.3 Å². The highest BCUT2D eigenvalue weighted by atomic mass is 35.5. The number of hydrogen-bond donors (Lipinski definition) is 2. The summed E-state index contributed by atoms with van der Waals surface area (Å²) >= 11 is 0. The molecule has 24 heavy (non-hydrogen) atoms. The Morgan fingerprint density at radius 2 is 1.67 bits per heavy atom. The van der Waals surface area contributed by atoms with Crippen LogP contribution in [0, 0.1) is 0 Å². The highest BCUT2D eigenvalue weighted by Crippen LogP contribution is 2.18. The Morgan fingerprint density at radius 1 is 1.08 bits per heavy atom. The molecule has 0 radical (unpaired) electrons. The summed E-state index contributed by atoms with van der Waals surface area (Å²) in [5, 5.41) is 3.01. The molecule has 3 N–H and O–H groups in total. The number of nitrogens with one attached hydrogen (secondary N) is 1. The molecule has 0 saturated carbocycles. The number of amides is 1. The van der Waals surface area contributed by atoms with Crippen molar-refractivity contribution in [1.29, 1.82) is 0 Å². The largest absolute Gasteiger partial charge is 0.399 e. The maximum atomic E-state index is 12.2. The minimum Gasteiger partial charge on any atom is -0.399 e. The van der Waals surface area contributed by atoms with Crippen molar-refractivity contribution >= 4 is 24.0 Å². The number of rotatable bonds is 6. The van der Waals surface area contributed by atoms with Crippen molar-refractivity contribution in [2.45, 2.75) is 19.4 Å². The van der Waals surface area contributed by atoms with Gasteiger partial charge in [0.2, 0.25) is 0 Å². The fourth-order valence-corrected chi connectivity index (χ4v) is 2.50. The Kier molecular flexibility index (Phi) is 7.75. The Hall–Kier alpha value is -2.04. The topological polar surface area (TPSA) is 58.4 Å². The van der Waals surface area contributed by atoms with E-state index in [2.05, 4.69) is 41.4 Å². The lowest BCUT2D eigenvalue weighted by atomic mass is 10.0. The summed E-state index contributed by atoms with van der Waals surface area (Å²) in [6, 6.07) is 15.7. The SMILES string of the molecule is CCc1ccc(C(CNC(=O)c2ccc(N)cc2)N(C)C)cc1.Cl. The van der Waals surface area contributed by atoms with E-state index in [-0.39, 0.29) is 24.4 Å². The number of anilines is 1. The molecule has 0 saturated heterocycles. The van der Waals surface area contributed by atoms with Gasteiger partial charge < -0.3 is 16.0 Å². The van der Waals surface area contributed by atoms with Crippen molar-refractivity contribution < 1.29 is 4.79 Å². The van der Waals surface area contributed by atoms with Crippen LogP contribution in [-0.2, 0) is 6.42 Å². The van der Waals surface area contributed by atoms with E-state index in [9.17, 15) is 4.79 Å². The Morgan fingerprint density at radius 3 is 2.17 bits per heavy atom.